The van der Waals surface area contributed by atoms with Crippen LogP contribution in [0.3, 0.4) is 0 Å². The van der Waals surface area contributed by atoms with Gasteiger partial charge in [-0.15, -0.1) is 0 Å². The third-order valence-electron chi connectivity index (χ3n) is 3.64. The van der Waals surface area contributed by atoms with Crippen LogP contribution in [0.5, 0.6) is 5.75 Å². The van der Waals surface area contributed by atoms with E-state index in [4.69, 9.17) is 9.84 Å². The Balaban J connectivity index is 3.13. The molecule has 3 heteroatoms. The molecule has 19 heavy (non-hydrogen) atoms. The summed E-state index contributed by atoms with van der Waals surface area (Å²) in [5.41, 5.74) is 4.41. The molecule has 0 radical (unpaired) electrons. The lowest BCUT2D eigenvalue weighted by Gasteiger charge is -2.25. The second-order valence-corrected chi connectivity index (χ2v) is 6.05. The van der Waals surface area contributed by atoms with Crippen molar-refractivity contribution in [2.75, 3.05) is 7.11 Å². The minimum absolute atomic E-state index is 0.177. The Morgan fingerprint density at radius 2 is 1.84 bits per heavy atom. The Kier molecular flexibility index (Phi) is 4.61. The van der Waals surface area contributed by atoms with Gasteiger partial charge in [-0.1, -0.05) is 19.9 Å². The van der Waals surface area contributed by atoms with Crippen molar-refractivity contribution in [2.24, 2.45) is 5.41 Å². The van der Waals surface area contributed by atoms with Crippen molar-refractivity contribution in [3.63, 3.8) is 0 Å². The topological polar surface area (TPSA) is 46.5 Å². The molecular formula is C16H24O3. The summed E-state index contributed by atoms with van der Waals surface area (Å²) in [5, 5.41) is 8.97. The van der Waals surface area contributed by atoms with Crippen LogP contribution in [0.1, 0.15) is 42.5 Å². The summed E-state index contributed by atoms with van der Waals surface area (Å²) in [7, 11) is 1.68. The predicted molar refractivity (Wildman–Crippen MR) is 76.9 cm³/mol. The molecule has 0 fully saturated rings. The number of methoxy groups -OCH3 is 1. The summed E-state index contributed by atoms with van der Waals surface area (Å²) >= 11 is 0. The first-order chi connectivity index (χ1) is 8.68. The smallest absolute Gasteiger partial charge is 0.303 e. The van der Waals surface area contributed by atoms with Gasteiger partial charge in [-0.2, -0.15) is 0 Å². The van der Waals surface area contributed by atoms with Crippen LogP contribution >= 0.6 is 0 Å². The number of aryl methyl sites for hydroxylation is 1. The van der Waals surface area contributed by atoms with E-state index in [1.54, 1.807) is 7.11 Å². The van der Waals surface area contributed by atoms with E-state index >= 15 is 0 Å². The van der Waals surface area contributed by atoms with Crippen molar-refractivity contribution in [1.82, 2.24) is 0 Å². The van der Waals surface area contributed by atoms with Gasteiger partial charge in [0.15, 0.2) is 0 Å². The van der Waals surface area contributed by atoms with Gasteiger partial charge in [-0.05, 0) is 54.9 Å². The number of aliphatic carboxylic acids is 1. The fourth-order valence-electron chi connectivity index (χ4n) is 2.63. The first kappa shape index (κ1) is 15.5. The van der Waals surface area contributed by atoms with Gasteiger partial charge in [0.05, 0.1) is 13.5 Å². The molecule has 0 amide bonds. The number of carbonyl (C=O) groups is 1. The van der Waals surface area contributed by atoms with Crippen LogP contribution in [0.25, 0.3) is 0 Å². The molecule has 1 aromatic carbocycles. The highest BCUT2D eigenvalue weighted by atomic mass is 16.5. The fraction of sp³-hybridized carbons (Fsp3) is 0.562. The van der Waals surface area contributed by atoms with Gasteiger partial charge in [0, 0.05) is 0 Å². The van der Waals surface area contributed by atoms with E-state index in [1.807, 2.05) is 20.8 Å². The molecule has 106 valence electrons. The predicted octanol–water partition coefficient (Wildman–Crippen LogP) is 3.66. The minimum atomic E-state index is -0.746. The van der Waals surface area contributed by atoms with Crippen molar-refractivity contribution < 1.29 is 14.6 Å². The van der Waals surface area contributed by atoms with Gasteiger partial charge in [0.25, 0.3) is 0 Å². The highest BCUT2D eigenvalue weighted by Crippen LogP contribution is 2.33. The van der Waals surface area contributed by atoms with Gasteiger partial charge in [0.2, 0.25) is 0 Å². The van der Waals surface area contributed by atoms with Gasteiger partial charge in [0.1, 0.15) is 5.75 Å². The third kappa shape index (κ3) is 3.72. The SMILES string of the molecule is COc1c(C)cc(CC(C)(C)CC(=O)O)c(C)c1C. The van der Waals surface area contributed by atoms with Crippen molar-refractivity contribution >= 4 is 5.97 Å². The molecule has 0 unspecified atom stereocenters. The van der Waals surface area contributed by atoms with E-state index < -0.39 is 5.97 Å². The van der Waals surface area contributed by atoms with Crippen molar-refractivity contribution in [3.8, 4) is 5.75 Å². The normalized spacial score (nSPS) is 11.5. The van der Waals surface area contributed by atoms with Crippen LogP contribution in [-0.2, 0) is 11.2 Å². The summed E-state index contributed by atoms with van der Waals surface area (Å²) in [6.45, 7) is 10.1. The van der Waals surface area contributed by atoms with Crippen LogP contribution in [0.4, 0.5) is 0 Å². The van der Waals surface area contributed by atoms with Crippen molar-refractivity contribution in [3.05, 3.63) is 28.3 Å². The molecular weight excluding hydrogens is 240 g/mol. The van der Waals surface area contributed by atoms with Gasteiger partial charge >= 0.3 is 5.97 Å². The second kappa shape index (κ2) is 5.64. The molecule has 0 aliphatic rings. The van der Waals surface area contributed by atoms with Crippen LogP contribution in [0, 0.1) is 26.2 Å². The molecule has 1 rings (SSSR count). The van der Waals surface area contributed by atoms with Crippen LogP contribution in [0.2, 0.25) is 0 Å². The zero-order valence-corrected chi connectivity index (χ0v) is 12.8. The molecule has 0 aromatic heterocycles. The Hall–Kier alpha value is -1.51. The lowest BCUT2D eigenvalue weighted by molar-refractivity contribution is -0.139. The van der Waals surface area contributed by atoms with E-state index in [0.717, 1.165) is 23.3 Å². The number of benzene rings is 1. The molecule has 1 aromatic rings. The van der Waals surface area contributed by atoms with E-state index in [9.17, 15) is 4.79 Å². The number of carboxylic acids is 1. The van der Waals surface area contributed by atoms with E-state index in [-0.39, 0.29) is 11.8 Å². The summed E-state index contributed by atoms with van der Waals surface area (Å²) in [4.78, 5) is 10.9. The minimum Gasteiger partial charge on any atom is -0.496 e. The van der Waals surface area contributed by atoms with Crippen LogP contribution in [0.15, 0.2) is 6.07 Å². The Labute approximate surface area is 115 Å². The summed E-state index contributed by atoms with van der Waals surface area (Å²) in [6.07, 6.45) is 0.938. The maximum Gasteiger partial charge on any atom is 0.303 e. The lowest BCUT2D eigenvalue weighted by Crippen LogP contribution is -2.20. The molecule has 3 nitrogen and oxygen atoms in total. The number of ether oxygens (including phenoxy) is 1. The summed E-state index contributed by atoms with van der Waals surface area (Å²) in [6, 6.07) is 2.12. The average molecular weight is 264 g/mol. The standard InChI is InChI=1S/C16H24O3/c1-10-7-13(8-16(4,5)9-14(17)18)11(2)12(3)15(10)19-6/h7H,8-9H2,1-6H3,(H,17,18). The molecule has 0 heterocycles. The quantitative estimate of drug-likeness (QED) is 0.882. The molecule has 1 N–H and O–H groups in total. The summed E-state index contributed by atoms with van der Waals surface area (Å²) < 4.78 is 5.41. The zero-order chi connectivity index (χ0) is 14.8. The highest BCUT2D eigenvalue weighted by molar-refractivity contribution is 5.67. The van der Waals surface area contributed by atoms with Gasteiger partial charge < -0.3 is 9.84 Å². The van der Waals surface area contributed by atoms with Crippen LogP contribution < -0.4 is 4.74 Å². The second-order valence-electron chi connectivity index (χ2n) is 6.05. The summed E-state index contributed by atoms with van der Waals surface area (Å²) in [5.74, 6) is 0.182. The molecule has 0 spiro atoms. The first-order valence-corrected chi connectivity index (χ1v) is 6.53. The maximum absolute atomic E-state index is 10.9. The number of carboxylic acid groups (broad SMARTS) is 1. The average Bonchev–Trinajstić information content (AvgIpc) is 2.24. The third-order valence-corrected chi connectivity index (χ3v) is 3.64. The maximum atomic E-state index is 10.9. The molecule has 0 saturated heterocycles. The molecule has 0 saturated carbocycles. The first-order valence-electron chi connectivity index (χ1n) is 6.53. The van der Waals surface area contributed by atoms with E-state index in [2.05, 4.69) is 19.9 Å². The monoisotopic (exact) mass is 264 g/mol. The van der Waals surface area contributed by atoms with Crippen LogP contribution in [-0.4, -0.2) is 18.2 Å². The molecule has 0 bridgehead atoms. The number of hydrogen-bond donors (Lipinski definition) is 1. The Bertz CT molecular complexity index is 487. The fourth-order valence-corrected chi connectivity index (χ4v) is 2.63. The lowest BCUT2D eigenvalue weighted by atomic mass is 9.80. The number of rotatable bonds is 5. The Morgan fingerprint density at radius 3 is 2.32 bits per heavy atom. The Morgan fingerprint density at radius 1 is 1.26 bits per heavy atom. The van der Waals surface area contributed by atoms with E-state index in [0.29, 0.717) is 0 Å². The molecule has 0 aliphatic heterocycles. The molecule has 0 aliphatic carbocycles. The van der Waals surface area contributed by atoms with Crippen molar-refractivity contribution in [1.29, 1.82) is 0 Å². The number of hydrogen-bond acceptors (Lipinski definition) is 2. The highest BCUT2D eigenvalue weighted by Gasteiger charge is 2.24. The zero-order valence-electron chi connectivity index (χ0n) is 12.8. The van der Waals surface area contributed by atoms with Crippen molar-refractivity contribution in [2.45, 2.75) is 47.5 Å². The van der Waals surface area contributed by atoms with E-state index in [1.165, 1.54) is 11.1 Å². The van der Waals surface area contributed by atoms with Gasteiger partial charge in [-0.3, -0.25) is 4.79 Å². The largest absolute Gasteiger partial charge is 0.496 e. The molecule has 0 atom stereocenters. The van der Waals surface area contributed by atoms with Gasteiger partial charge in [-0.25, -0.2) is 0 Å².